The molecule has 18 heteroatoms. The van der Waals surface area contributed by atoms with Gasteiger partial charge in [-0.2, -0.15) is 13.5 Å². The van der Waals surface area contributed by atoms with Gasteiger partial charge in [0, 0.05) is 98.1 Å². The molecule has 0 radical (unpaired) electrons. The lowest BCUT2D eigenvalue weighted by molar-refractivity contribution is -0.777. The summed E-state index contributed by atoms with van der Waals surface area (Å²) >= 11 is 15.2. The number of rotatable bonds is 11. The Kier molecular flexibility index (Phi) is 20.4. The molecule has 4 heterocycles. The van der Waals surface area contributed by atoms with Gasteiger partial charge >= 0.3 is 0 Å². The van der Waals surface area contributed by atoms with Crippen LogP contribution in [0.3, 0.4) is 0 Å². The zero-order valence-electron chi connectivity index (χ0n) is 61.3. The van der Waals surface area contributed by atoms with Crippen LogP contribution in [0.15, 0.2) is 265 Å². The highest BCUT2D eigenvalue weighted by atomic mass is 35.5. The Bertz CT molecular complexity index is 5700. The molecular weight excluding hydrogens is 1410 g/mol. The van der Waals surface area contributed by atoms with Crippen LogP contribution in [-0.2, 0) is 51.3 Å². The Morgan fingerprint density at radius 1 is 0.467 bits per heavy atom. The van der Waals surface area contributed by atoms with Gasteiger partial charge in [0.05, 0.1) is 32.7 Å². The molecule has 0 unspecified atom stereocenters. The van der Waals surface area contributed by atoms with Crippen molar-refractivity contribution in [1.82, 2.24) is 0 Å². The zero-order chi connectivity index (χ0) is 75.0. The maximum atomic E-state index is 11.7. The molecule has 13 nitrogen and oxygen atoms in total. The highest BCUT2D eigenvalue weighted by Gasteiger charge is 2.47. The summed E-state index contributed by atoms with van der Waals surface area (Å²) in [6.07, 6.45) is 23.7. The summed E-state index contributed by atoms with van der Waals surface area (Å²) in [4.78, 5) is 4.98. The third kappa shape index (κ3) is 13.9. The Morgan fingerprint density at radius 3 is 1.36 bits per heavy atom. The summed E-state index contributed by atoms with van der Waals surface area (Å²) < 4.78 is 75.3. The molecular formula is C87H85Cl2N4O9S3-. The standard InChI is InChI=1S/C40H39ClN2O6S2.C40H40ClN2.C7H8O3S/c1-39(2)34(42(5)32-18-10-26-22-28(50-49-48-44)14-16-30(26)36(32)39)20-12-24-8-7-9-25(38(24)41)13-21-35-40(3,4)37-31-17-15-29(51(45,46)47)23-27(31)11-19-33(37)43(35)6;1-39(2)34(42(5)32-22-18-26-12-7-9-16-30(26)36(32)39)24-20-28-14-11-15-29(38(28)41)21-25-35-40(3,4)37-31-17-10-8-13-27(31)19-23-33(37)43(35)6;1-6-2-4-7(5-3-6)11(8,9)10/h10-23H,7-9H2,1-6H3,(H-,44,45,46,47);7-10,12-13,16-25H,11,14-15H2,1-6H3;2-5H,1H3,(H,8,9,10)/q;+1;/p-2. The van der Waals surface area contributed by atoms with Crippen molar-refractivity contribution >= 4 is 133 Å². The lowest BCUT2D eigenvalue weighted by atomic mass is 9.78. The summed E-state index contributed by atoms with van der Waals surface area (Å²) in [6.45, 7) is 20.0. The van der Waals surface area contributed by atoms with Crippen molar-refractivity contribution in [3.05, 3.63) is 278 Å². The highest BCUT2D eigenvalue weighted by Crippen LogP contribution is 2.53. The number of halogens is 2. The molecule has 9 aromatic carbocycles. The van der Waals surface area contributed by atoms with Crippen LogP contribution < -0.4 is 15.1 Å². The summed E-state index contributed by atoms with van der Waals surface area (Å²) in [7, 11) is -0.294. The van der Waals surface area contributed by atoms with Gasteiger partial charge in [-0.15, -0.1) is 0 Å². The van der Waals surface area contributed by atoms with Crippen LogP contribution in [-0.4, -0.2) is 74.7 Å². The van der Waals surface area contributed by atoms with E-state index < -0.39 is 20.2 Å². The number of benzene rings is 9. The third-order valence-electron chi connectivity index (χ3n) is 22.1. The van der Waals surface area contributed by atoms with Crippen LogP contribution >= 0.6 is 35.2 Å². The van der Waals surface area contributed by atoms with Crippen LogP contribution in [0.2, 0.25) is 0 Å². The molecule has 0 atom stereocenters. The average molecular weight is 1500 g/mol. The van der Waals surface area contributed by atoms with E-state index in [2.05, 4.69) is 244 Å². The fourth-order valence-electron chi connectivity index (χ4n) is 16.9. The van der Waals surface area contributed by atoms with Crippen molar-refractivity contribution in [2.24, 2.45) is 0 Å². The van der Waals surface area contributed by atoms with E-state index in [0.717, 1.165) is 126 Å². The van der Waals surface area contributed by atoms with Gasteiger partial charge in [-0.1, -0.05) is 166 Å². The van der Waals surface area contributed by atoms with Gasteiger partial charge in [0.25, 0.3) is 0 Å². The molecule has 15 rings (SSSR count). The average Bonchev–Trinajstić information content (AvgIpc) is 1.63. The Hall–Kier alpha value is -8.49. The fraction of sp³-hybridized carbons (Fsp3) is 0.264. The largest absolute Gasteiger partial charge is 0.744 e. The van der Waals surface area contributed by atoms with E-state index in [1.54, 1.807) is 18.2 Å². The molecule has 540 valence electrons. The predicted octanol–water partition coefficient (Wildman–Crippen LogP) is 20.0. The van der Waals surface area contributed by atoms with E-state index in [0.29, 0.717) is 0 Å². The smallest absolute Gasteiger partial charge is 0.210 e. The molecule has 4 aliphatic heterocycles. The van der Waals surface area contributed by atoms with Crippen LogP contribution in [0, 0.1) is 6.92 Å². The number of nitrogens with zero attached hydrogens (tertiary/aromatic N) is 4. The number of allylic oxidation sites excluding steroid dienone is 16. The monoisotopic (exact) mass is 1500 g/mol. The van der Waals surface area contributed by atoms with Crippen molar-refractivity contribution in [2.75, 3.05) is 38.0 Å². The third-order valence-corrected chi connectivity index (χ3v) is 25.4. The number of hydrogen-bond donors (Lipinski definition) is 0. The molecule has 2 aliphatic carbocycles. The minimum atomic E-state index is -4.55. The zero-order valence-corrected chi connectivity index (χ0v) is 65.3. The number of hydrogen-bond acceptors (Lipinski definition) is 12. The second-order valence-corrected chi connectivity index (χ2v) is 34.3. The van der Waals surface area contributed by atoms with Gasteiger partial charge in [-0.05, 0) is 222 Å². The van der Waals surface area contributed by atoms with Crippen LogP contribution in [0.4, 0.5) is 22.7 Å². The molecule has 105 heavy (non-hydrogen) atoms. The molecule has 9 aromatic rings. The molecule has 0 amide bonds. The molecule has 0 spiro atoms. The minimum absolute atomic E-state index is 0.107. The van der Waals surface area contributed by atoms with Gasteiger partial charge in [0.1, 0.15) is 34.3 Å². The lowest BCUT2D eigenvalue weighted by Crippen LogP contribution is -2.27. The van der Waals surface area contributed by atoms with Gasteiger partial charge in [0.2, 0.25) is 11.4 Å². The first-order chi connectivity index (χ1) is 49.7. The van der Waals surface area contributed by atoms with Crippen molar-refractivity contribution in [3.8, 4) is 0 Å². The van der Waals surface area contributed by atoms with Crippen molar-refractivity contribution in [1.29, 1.82) is 0 Å². The SMILES string of the molecule is CN1C(=CC=C2CCCC(C=CC3=[N+](C)c4ccc5cc(S(=O)(=O)[O-])ccc5c4C3(C)C)=C2Cl)C(C)(C)c2c1ccc1cc(SOO[O-])ccc21.CN1C(=CC=C2CCCC(C=CC3=[N+](C)c4ccc5ccccc5c4C3(C)C)=C2Cl)C(C)(C)c2c1ccc1ccccc21.Cc1ccc(S(=O)(=O)[O-])cc1. The maximum Gasteiger partial charge on any atom is 0.210 e. The van der Waals surface area contributed by atoms with E-state index in [9.17, 15) is 31.2 Å². The number of anilines is 2. The van der Waals surface area contributed by atoms with Gasteiger partial charge in [-0.25, -0.2) is 16.8 Å². The molecule has 0 N–H and O–H groups in total. The van der Waals surface area contributed by atoms with E-state index in [1.807, 2.05) is 38.2 Å². The molecule has 0 saturated carbocycles. The first-order valence-electron chi connectivity index (χ1n) is 35.2. The molecule has 0 fully saturated rings. The highest BCUT2D eigenvalue weighted by molar-refractivity contribution is 7.94. The fourth-order valence-corrected chi connectivity index (χ4v) is 19.0. The summed E-state index contributed by atoms with van der Waals surface area (Å²) in [5.74, 6) is 0. The predicted molar refractivity (Wildman–Crippen MR) is 426 cm³/mol. The van der Waals surface area contributed by atoms with E-state index in [4.69, 9.17) is 23.2 Å². The molecule has 0 saturated heterocycles. The van der Waals surface area contributed by atoms with Gasteiger partial charge < -0.3 is 24.2 Å². The summed E-state index contributed by atoms with van der Waals surface area (Å²) in [6, 6.07) is 50.9. The molecule has 6 aliphatic rings. The topological polar surface area (TPSA) is 168 Å². The lowest BCUT2D eigenvalue weighted by Gasteiger charge is -2.25. The number of fused-ring (bicyclic) bond motifs is 12. The second kappa shape index (κ2) is 28.7. The normalized spacial score (nSPS) is 19.7. The molecule has 0 bridgehead atoms. The quantitative estimate of drug-likeness (QED) is 0.0396. The van der Waals surface area contributed by atoms with E-state index in [-0.39, 0.29) is 31.5 Å². The van der Waals surface area contributed by atoms with Crippen molar-refractivity contribution < 1.29 is 49.7 Å². The van der Waals surface area contributed by atoms with Gasteiger partial charge in [0.15, 0.2) is 11.4 Å². The van der Waals surface area contributed by atoms with Crippen LogP contribution in [0.5, 0.6) is 0 Å². The Morgan fingerprint density at radius 2 is 0.876 bits per heavy atom. The van der Waals surface area contributed by atoms with Crippen LogP contribution in [0.25, 0.3) is 43.1 Å². The number of likely N-dealkylation sites (N-methyl/N-ethyl adjacent to an activating group) is 2. The molecule has 0 aromatic heterocycles. The Balaban J connectivity index is 0.000000164. The minimum Gasteiger partial charge on any atom is -0.744 e. The van der Waals surface area contributed by atoms with Crippen LogP contribution in [0.1, 0.15) is 122 Å². The second-order valence-electron chi connectivity index (χ2n) is 30.0. The van der Waals surface area contributed by atoms with Gasteiger partial charge in [-0.3, -0.25) is 5.04 Å². The summed E-state index contributed by atoms with van der Waals surface area (Å²) in [5.41, 5.74) is 19.4. The first kappa shape index (κ1) is 74.8. The van der Waals surface area contributed by atoms with E-state index >= 15 is 0 Å². The maximum absolute atomic E-state index is 11.7. The number of aryl methyl sites for hydroxylation is 1. The van der Waals surface area contributed by atoms with E-state index in [1.165, 1.54) is 102 Å². The van der Waals surface area contributed by atoms with Crippen molar-refractivity contribution in [3.63, 3.8) is 0 Å². The first-order valence-corrected chi connectivity index (χ1v) is 39.5. The summed E-state index contributed by atoms with van der Waals surface area (Å²) in [5, 5.41) is 24.6. The van der Waals surface area contributed by atoms with Crippen molar-refractivity contribution in [2.45, 2.75) is 137 Å². The Labute approximate surface area is 631 Å².